The molecule has 2 bridgehead atoms. The van der Waals surface area contributed by atoms with Gasteiger partial charge in [-0.3, -0.25) is 14.8 Å². The summed E-state index contributed by atoms with van der Waals surface area (Å²) in [5.41, 5.74) is 1.25. The van der Waals surface area contributed by atoms with Crippen molar-refractivity contribution < 1.29 is 9.53 Å². The van der Waals surface area contributed by atoms with Crippen molar-refractivity contribution in [1.29, 1.82) is 0 Å². The smallest absolute Gasteiger partial charge is 0.223 e. The van der Waals surface area contributed by atoms with Gasteiger partial charge in [-0.1, -0.05) is 12.1 Å². The Balaban J connectivity index is 1.40. The van der Waals surface area contributed by atoms with Crippen molar-refractivity contribution in [3.05, 3.63) is 41.5 Å². The van der Waals surface area contributed by atoms with Crippen LogP contribution in [0, 0.1) is 18.8 Å². The molecule has 5 rings (SSSR count). The fraction of sp³-hybridized carbons (Fsp3) is 0.609. The number of hydrogen-bond acceptors (Lipinski definition) is 5. The van der Waals surface area contributed by atoms with Crippen molar-refractivity contribution >= 4 is 5.91 Å². The first-order chi connectivity index (χ1) is 14.6. The van der Waals surface area contributed by atoms with Crippen LogP contribution in [0.15, 0.2) is 24.3 Å². The molecule has 0 aliphatic carbocycles. The van der Waals surface area contributed by atoms with Crippen molar-refractivity contribution in [2.45, 2.75) is 57.7 Å². The van der Waals surface area contributed by atoms with Gasteiger partial charge in [-0.2, -0.15) is 5.10 Å². The Morgan fingerprint density at radius 2 is 2.13 bits per heavy atom. The van der Waals surface area contributed by atoms with E-state index in [1.165, 1.54) is 12.0 Å². The summed E-state index contributed by atoms with van der Waals surface area (Å²) < 4.78 is 5.43. The van der Waals surface area contributed by atoms with Crippen LogP contribution in [0.4, 0.5) is 0 Å². The molecule has 7 nitrogen and oxygen atoms in total. The number of aromatic nitrogens is 3. The Morgan fingerprint density at radius 3 is 2.93 bits per heavy atom. The van der Waals surface area contributed by atoms with E-state index in [-0.39, 0.29) is 6.04 Å². The zero-order valence-electron chi connectivity index (χ0n) is 17.9. The average molecular weight is 410 g/mol. The maximum atomic E-state index is 13.0. The minimum atomic E-state index is 0.253. The second-order valence-electron chi connectivity index (χ2n) is 9.17. The lowest BCUT2D eigenvalue weighted by Crippen LogP contribution is -2.65. The second-order valence-corrected chi connectivity index (χ2v) is 9.17. The highest BCUT2D eigenvalue weighted by atomic mass is 16.5. The maximum Gasteiger partial charge on any atom is 0.223 e. The average Bonchev–Trinajstić information content (AvgIpc) is 3.16. The van der Waals surface area contributed by atoms with Crippen molar-refractivity contribution in [2.75, 3.05) is 20.2 Å². The summed E-state index contributed by atoms with van der Waals surface area (Å²) in [6.07, 6.45) is 4.96. The predicted molar refractivity (Wildman–Crippen MR) is 113 cm³/mol. The number of ether oxygens (including phenoxy) is 1. The van der Waals surface area contributed by atoms with Gasteiger partial charge in [-0.05, 0) is 62.1 Å². The number of piperidine rings is 3. The summed E-state index contributed by atoms with van der Waals surface area (Å²) >= 11 is 0. The topological polar surface area (TPSA) is 74.3 Å². The number of carbonyl (C=O) groups is 1. The lowest BCUT2D eigenvalue weighted by molar-refractivity contribution is -0.152. The summed E-state index contributed by atoms with van der Waals surface area (Å²) in [6, 6.07) is 8.93. The first-order valence-corrected chi connectivity index (χ1v) is 11.1. The molecule has 3 saturated heterocycles. The van der Waals surface area contributed by atoms with E-state index in [9.17, 15) is 4.79 Å². The Labute approximate surface area is 177 Å². The molecular weight excluding hydrogens is 378 g/mol. The highest BCUT2D eigenvalue weighted by Crippen LogP contribution is 2.42. The number of carbonyl (C=O) groups excluding carboxylic acids is 1. The molecule has 0 spiro atoms. The van der Waals surface area contributed by atoms with Crippen molar-refractivity contribution in [3.63, 3.8) is 0 Å². The first kappa shape index (κ1) is 19.5. The summed E-state index contributed by atoms with van der Waals surface area (Å²) in [7, 11) is 1.71. The number of hydrogen-bond donors (Lipinski definition) is 1. The van der Waals surface area contributed by atoms with Crippen LogP contribution in [0.1, 0.15) is 42.9 Å². The standard InChI is InChI=1S/C23H31N5O2/c1-15-24-22(26-25-15)14-27-12-17-11-18(13-27)21(28-20(17)7-4-8-23(28)29)10-16-5-3-6-19(9-16)30-2/h3,5-6,9,17-18,20-21H,4,7-8,10-14H2,1-2H3,(H,24,25,26)/t17-,18+,20+,21+/m1/s1. The quantitative estimate of drug-likeness (QED) is 0.822. The van der Waals surface area contributed by atoms with E-state index in [4.69, 9.17) is 4.74 Å². The van der Waals surface area contributed by atoms with Gasteiger partial charge in [-0.25, -0.2) is 4.98 Å². The number of benzene rings is 1. The SMILES string of the molecule is COc1cccc(C[C@H]2[C@H]3C[C@H](CN(Cc4n[nH]c(C)n4)C3)[C@@H]3CCCC(=O)N32)c1. The number of likely N-dealkylation sites (tertiary alicyclic amines) is 1. The van der Waals surface area contributed by atoms with Crippen LogP contribution in [0.3, 0.4) is 0 Å². The molecule has 1 aromatic carbocycles. The van der Waals surface area contributed by atoms with Crippen LogP contribution < -0.4 is 4.74 Å². The minimum absolute atomic E-state index is 0.253. The zero-order valence-corrected chi connectivity index (χ0v) is 17.9. The Kier molecular flexibility index (Phi) is 5.23. The molecule has 1 N–H and O–H groups in total. The number of amides is 1. The van der Waals surface area contributed by atoms with E-state index < -0.39 is 0 Å². The third-order valence-electron chi connectivity index (χ3n) is 7.16. The molecule has 1 aromatic heterocycles. The van der Waals surface area contributed by atoms with Gasteiger partial charge in [0.2, 0.25) is 5.91 Å². The van der Waals surface area contributed by atoms with Gasteiger partial charge in [0.05, 0.1) is 13.7 Å². The zero-order chi connectivity index (χ0) is 20.7. The van der Waals surface area contributed by atoms with Gasteiger partial charge in [0, 0.05) is 31.6 Å². The highest BCUT2D eigenvalue weighted by molar-refractivity contribution is 5.78. The number of fused-ring (bicyclic) bond motifs is 4. The van der Waals surface area contributed by atoms with Crippen molar-refractivity contribution in [2.24, 2.45) is 11.8 Å². The molecular formula is C23H31N5O2. The van der Waals surface area contributed by atoms with Crippen LogP contribution in [0.2, 0.25) is 0 Å². The van der Waals surface area contributed by atoms with Crippen LogP contribution in [0.5, 0.6) is 5.75 Å². The highest BCUT2D eigenvalue weighted by Gasteiger charge is 2.49. The molecule has 0 saturated carbocycles. The van der Waals surface area contributed by atoms with Crippen molar-refractivity contribution in [3.8, 4) is 5.75 Å². The van der Waals surface area contributed by atoms with Crippen molar-refractivity contribution in [1.82, 2.24) is 25.0 Å². The van der Waals surface area contributed by atoms with E-state index in [0.717, 1.165) is 56.3 Å². The van der Waals surface area contributed by atoms with Crippen LogP contribution >= 0.6 is 0 Å². The van der Waals surface area contributed by atoms with E-state index in [0.29, 0.717) is 30.2 Å². The molecule has 1 amide bonds. The second kappa shape index (κ2) is 8.02. The summed E-state index contributed by atoms with van der Waals surface area (Å²) in [6.45, 7) is 4.75. The van der Waals surface area contributed by atoms with Gasteiger partial charge >= 0.3 is 0 Å². The van der Waals surface area contributed by atoms with Gasteiger partial charge in [0.1, 0.15) is 11.6 Å². The fourth-order valence-electron chi connectivity index (χ4n) is 5.96. The number of nitrogens with zero attached hydrogens (tertiary/aromatic N) is 4. The number of aromatic amines is 1. The largest absolute Gasteiger partial charge is 0.497 e. The van der Waals surface area contributed by atoms with Crippen LogP contribution in [-0.4, -0.2) is 63.2 Å². The molecule has 3 aliphatic rings. The number of methoxy groups -OCH3 is 1. The summed E-state index contributed by atoms with van der Waals surface area (Å²) in [5, 5.41) is 7.31. The number of rotatable bonds is 5. The molecule has 4 atom stereocenters. The van der Waals surface area contributed by atoms with E-state index in [2.05, 4.69) is 37.1 Å². The molecule has 0 radical (unpaired) electrons. The molecule has 3 aliphatic heterocycles. The lowest BCUT2D eigenvalue weighted by Gasteiger charge is -2.56. The Bertz CT molecular complexity index is 913. The molecule has 0 unspecified atom stereocenters. The van der Waals surface area contributed by atoms with Gasteiger partial charge in [-0.15, -0.1) is 0 Å². The Hall–Kier alpha value is -2.41. The number of aryl methyl sites for hydroxylation is 1. The number of nitrogens with one attached hydrogen (secondary N) is 1. The third-order valence-corrected chi connectivity index (χ3v) is 7.16. The van der Waals surface area contributed by atoms with Crippen LogP contribution in [0.25, 0.3) is 0 Å². The molecule has 4 heterocycles. The number of H-pyrrole nitrogens is 1. The summed E-state index contributed by atoms with van der Waals surface area (Å²) in [4.78, 5) is 22.3. The monoisotopic (exact) mass is 409 g/mol. The van der Waals surface area contributed by atoms with Crippen LogP contribution in [-0.2, 0) is 17.8 Å². The normalized spacial score (nSPS) is 29.0. The minimum Gasteiger partial charge on any atom is -0.497 e. The van der Waals surface area contributed by atoms with E-state index in [1.54, 1.807) is 7.11 Å². The fourth-order valence-corrected chi connectivity index (χ4v) is 5.96. The molecule has 7 heteroatoms. The lowest BCUT2D eigenvalue weighted by atomic mass is 9.71. The van der Waals surface area contributed by atoms with Gasteiger partial charge in [0.25, 0.3) is 0 Å². The Morgan fingerprint density at radius 1 is 1.27 bits per heavy atom. The van der Waals surface area contributed by atoms with Gasteiger partial charge < -0.3 is 9.64 Å². The molecule has 3 fully saturated rings. The summed E-state index contributed by atoms with van der Waals surface area (Å²) in [5.74, 6) is 4.00. The predicted octanol–water partition coefficient (Wildman–Crippen LogP) is 2.57. The maximum absolute atomic E-state index is 13.0. The first-order valence-electron chi connectivity index (χ1n) is 11.1. The molecule has 30 heavy (non-hydrogen) atoms. The van der Waals surface area contributed by atoms with E-state index >= 15 is 0 Å². The van der Waals surface area contributed by atoms with Gasteiger partial charge in [0.15, 0.2) is 5.82 Å². The molecule has 160 valence electrons. The molecule has 2 aromatic rings. The van der Waals surface area contributed by atoms with E-state index in [1.807, 2.05) is 19.1 Å². The third kappa shape index (κ3) is 3.71.